The highest BCUT2D eigenvalue weighted by molar-refractivity contribution is 5.73. The molecule has 6 heteroatoms. The number of ether oxygens (including phenoxy) is 4. The molecular weight excluding hydrogens is 360 g/mol. The number of esters is 2. The van der Waals surface area contributed by atoms with Crippen molar-refractivity contribution in [1.29, 1.82) is 0 Å². The Labute approximate surface area is 168 Å². The molecule has 0 amide bonds. The van der Waals surface area contributed by atoms with Crippen LogP contribution in [-0.4, -0.2) is 50.6 Å². The van der Waals surface area contributed by atoms with Gasteiger partial charge in [-0.25, -0.2) is 0 Å². The highest BCUT2D eigenvalue weighted by Crippen LogP contribution is 2.30. The Kier molecular flexibility index (Phi) is 8.15. The van der Waals surface area contributed by atoms with Gasteiger partial charge in [0.2, 0.25) is 0 Å². The Morgan fingerprint density at radius 1 is 0.750 bits per heavy atom. The molecule has 28 heavy (non-hydrogen) atoms. The largest absolute Gasteiger partial charge is 0.465 e. The summed E-state index contributed by atoms with van der Waals surface area (Å²) in [5, 5.41) is 0. The van der Waals surface area contributed by atoms with Gasteiger partial charge in [0.15, 0.2) is 0 Å². The quantitative estimate of drug-likeness (QED) is 0.640. The van der Waals surface area contributed by atoms with E-state index in [0.717, 1.165) is 51.4 Å². The first-order valence-electron chi connectivity index (χ1n) is 11.1. The van der Waals surface area contributed by atoms with Gasteiger partial charge in [0, 0.05) is 6.61 Å². The van der Waals surface area contributed by atoms with E-state index in [4.69, 9.17) is 18.9 Å². The SMILES string of the molecule is CC1CCC(C(=O)OCC2CCC(COC(=O)C3CCOC(C)C3)CC2)CO1. The first kappa shape index (κ1) is 21.6. The minimum Gasteiger partial charge on any atom is -0.465 e. The van der Waals surface area contributed by atoms with Crippen LogP contribution in [0.4, 0.5) is 0 Å². The van der Waals surface area contributed by atoms with Crippen LogP contribution in [0, 0.1) is 23.7 Å². The summed E-state index contributed by atoms with van der Waals surface area (Å²) in [6, 6.07) is 0. The minimum absolute atomic E-state index is 0.00810. The maximum Gasteiger partial charge on any atom is 0.311 e. The number of carbonyl (C=O) groups is 2. The summed E-state index contributed by atoms with van der Waals surface area (Å²) in [6.45, 7) is 6.23. The lowest BCUT2D eigenvalue weighted by molar-refractivity contribution is -0.158. The van der Waals surface area contributed by atoms with E-state index in [2.05, 4.69) is 0 Å². The Bertz CT molecular complexity index is 505. The van der Waals surface area contributed by atoms with Gasteiger partial charge in [-0.3, -0.25) is 9.59 Å². The molecule has 3 aliphatic rings. The van der Waals surface area contributed by atoms with Gasteiger partial charge >= 0.3 is 11.9 Å². The molecule has 4 atom stereocenters. The van der Waals surface area contributed by atoms with Crippen molar-refractivity contribution in [2.45, 2.75) is 77.4 Å². The van der Waals surface area contributed by atoms with Gasteiger partial charge in [-0.1, -0.05) is 0 Å². The second kappa shape index (κ2) is 10.6. The zero-order valence-electron chi connectivity index (χ0n) is 17.4. The smallest absolute Gasteiger partial charge is 0.311 e. The third-order valence-corrected chi connectivity index (χ3v) is 6.54. The molecule has 3 fully saturated rings. The van der Waals surface area contributed by atoms with Gasteiger partial charge in [-0.05, 0) is 77.0 Å². The summed E-state index contributed by atoms with van der Waals surface area (Å²) in [7, 11) is 0. The molecule has 0 aromatic carbocycles. The molecule has 2 heterocycles. The predicted molar refractivity (Wildman–Crippen MR) is 104 cm³/mol. The first-order chi connectivity index (χ1) is 13.5. The normalized spacial score (nSPS) is 36.5. The monoisotopic (exact) mass is 396 g/mol. The third kappa shape index (κ3) is 6.45. The van der Waals surface area contributed by atoms with Crippen molar-refractivity contribution in [1.82, 2.24) is 0 Å². The molecule has 2 aliphatic heterocycles. The Morgan fingerprint density at radius 3 is 1.89 bits per heavy atom. The fourth-order valence-electron chi connectivity index (χ4n) is 4.48. The molecule has 0 radical (unpaired) electrons. The lowest BCUT2D eigenvalue weighted by Gasteiger charge is -2.30. The summed E-state index contributed by atoms with van der Waals surface area (Å²) in [5.41, 5.74) is 0. The molecule has 0 aromatic heterocycles. The Morgan fingerprint density at radius 2 is 1.36 bits per heavy atom. The molecule has 160 valence electrons. The van der Waals surface area contributed by atoms with Crippen LogP contribution in [0.15, 0.2) is 0 Å². The van der Waals surface area contributed by atoms with Crippen molar-refractivity contribution >= 4 is 11.9 Å². The maximum absolute atomic E-state index is 12.3. The number of rotatable bonds is 6. The molecule has 0 bridgehead atoms. The van der Waals surface area contributed by atoms with Crippen molar-refractivity contribution in [3.63, 3.8) is 0 Å². The number of carbonyl (C=O) groups excluding carboxylic acids is 2. The van der Waals surface area contributed by atoms with Crippen LogP contribution in [0.1, 0.15) is 65.2 Å². The highest BCUT2D eigenvalue weighted by atomic mass is 16.5. The molecule has 0 spiro atoms. The van der Waals surface area contributed by atoms with Gasteiger partial charge in [0.25, 0.3) is 0 Å². The highest BCUT2D eigenvalue weighted by Gasteiger charge is 2.30. The van der Waals surface area contributed by atoms with Crippen molar-refractivity contribution < 1.29 is 28.5 Å². The minimum atomic E-state index is -0.103. The van der Waals surface area contributed by atoms with Crippen LogP contribution in [0.2, 0.25) is 0 Å². The van der Waals surface area contributed by atoms with E-state index in [-0.39, 0.29) is 36.0 Å². The summed E-state index contributed by atoms with van der Waals surface area (Å²) in [6.07, 6.45) is 7.85. The van der Waals surface area contributed by atoms with Gasteiger partial charge in [-0.15, -0.1) is 0 Å². The lowest BCUT2D eigenvalue weighted by atomic mass is 9.83. The topological polar surface area (TPSA) is 71.1 Å². The molecule has 4 unspecified atom stereocenters. The Hall–Kier alpha value is -1.14. The molecule has 0 N–H and O–H groups in total. The van der Waals surface area contributed by atoms with Crippen molar-refractivity contribution in [3.8, 4) is 0 Å². The van der Waals surface area contributed by atoms with Crippen molar-refractivity contribution in [2.24, 2.45) is 23.7 Å². The molecule has 1 saturated carbocycles. The predicted octanol–water partition coefficient (Wildman–Crippen LogP) is 3.51. The van der Waals surface area contributed by atoms with Gasteiger partial charge < -0.3 is 18.9 Å². The van der Waals surface area contributed by atoms with Crippen LogP contribution in [0.3, 0.4) is 0 Å². The zero-order valence-corrected chi connectivity index (χ0v) is 17.4. The molecule has 2 saturated heterocycles. The van der Waals surface area contributed by atoms with Crippen molar-refractivity contribution in [2.75, 3.05) is 26.4 Å². The van der Waals surface area contributed by atoms with E-state index < -0.39 is 0 Å². The fourth-order valence-corrected chi connectivity index (χ4v) is 4.48. The van der Waals surface area contributed by atoms with Gasteiger partial charge in [0.05, 0.1) is 43.9 Å². The zero-order chi connectivity index (χ0) is 19.9. The van der Waals surface area contributed by atoms with Gasteiger partial charge in [-0.2, -0.15) is 0 Å². The molecule has 1 aliphatic carbocycles. The van der Waals surface area contributed by atoms with E-state index >= 15 is 0 Å². The van der Waals surface area contributed by atoms with Crippen molar-refractivity contribution in [3.05, 3.63) is 0 Å². The second-order valence-corrected chi connectivity index (χ2v) is 8.97. The lowest BCUT2D eigenvalue weighted by Crippen LogP contribution is -2.32. The second-order valence-electron chi connectivity index (χ2n) is 8.97. The standard InChI is InChI=1S/C22H36O6/c1-15-3-8-20(14-26-15)22(24)28-13-18-6-4-17(5-7-18)12-27-21(23)19-9-10-25-16(2)11-19/h15-20H,3-14H2,1-2H3. The molecule has 0 aromatic rings. The Balaban J connectivity index is 1.28. The van der Waals surface area contributed by atoms with E-state index in [9.17, 15) is 9.59 Å². The van der Waals surface area contributed by atoms with Crippen LogP contribution in [0.25, 0.3) is 0 Å². The molecule has 3 rings (SSSR count). The van der Waals surface area contributed by atoms with Gasteiger partial charge in [0.1, 0.15) is 0 Å². The average molecular weight is 397 g/mol. The van der Waals surface area contributed by atoms with E-state index in [1.54, 1.807) is 0 Å². The van der Waals surface area contributed by atoms with E-state index in [1.165, 1.54) is 0 Å². The van der Waals surface area contributed by atoms with E-state index in [1.807, 2.05) is 13.8 Å². The fraction of sp³-hybridized carbons (Fsp3) is 0.909. The third-order valence-electron chi connectivity index (χ3n) is 6.54. The van der Waals surface area contributed by atoms with Crippen LogP contribution in [0.5, 0.6) is 0 Å². The summed E-state index contributed by atoms with van der Waals surface area (Å²) < 4.78 is 22.2. The number of hydrogen-bond acceptors (Lipinski definition) is 6. The van der Waals surface area contributed by atoms with Crippen LogP contribution >= 0.6 is 0 Å². The summed E-state index contributed by atoms with van der Waals surface area (Å²) in [5.74, 6) is 0.590. The average Bonchev–Trinajstić information content (AvgIpc) is 2.71. The molecule has 6 nitrogen and oxygen atoms in total. The first-order valence-corrected chi connectivity index (χ1v) is 11.1. The summed E-state index contributed by atoms with van der Waals surface area (Å²) >= 11 is 0. The summed E-state index contributed by atoms with van der Waals surface area (Å²) in [4.78, 5) is 24.4. The molecular formula is C22H36O6. The van der Waals surface area contributed by atoms with E-state index in [0.29, 0.717) is 38.3 Å². The van der Waals surface area contributed by atoms with Crippen LogP contribution < -0.4 is 0 Å². The van der Waals surface area contributed by atoms with Crippen LogP contribution in [-0.2, 0) is 28.5 Å². The maximum atomic E-state index is 12.3. The number of hydrogen-bond donors (Lipinski definition) is 0.